The third-order valence-corrected chi connectivity index (χ3v) is 6.70. The maximum absolute atomic E-state index is 12.0. The number of nitrogen functional groups attached to an aromatic ring is 1. The van der Waals surface area contributed by atoms with E-state index in [1.165, 1.54) is 11.8 Å². The van der Waals surface area contributed by atoms with Crippen molar-refractivity contribution >= 4 is 27.3 Å². The summed E-state index contributed by atoms with van der Waals surface area (Å²) in [4.78, 5) is 0.850. The normalized spacial score (nSPS) is 12.4. The van der Waals surface area contributed by atoms with Gasteiger partial charge >= 0.3 is 0 Å². The molecular formula is C13H21NO3S2. The molecule has 0 unspecified atom stereocenters. The Hall–Kier alpha value is -0.880. The largest absolute Gasteiger partial charge is 0.497 e. The quantitative estimate of drug-likeness (QED) is 0.669. The van der Waals surface area contributed by atoms with Gasteiger partial charge in [-0.3, -0.25) is 0 Å². The van der Waals surface area contributed by atoms with Crippen LogP contribution in [0.25, 0.3) is 0 Å². The van der Waals surface area contributed by atoms with Crippen LogP contribution in [0.3, 0.4) is 0 Å². The number of benzene rings is 1. The zero-order valence-electron chi connectivity index (χ0n) is 11.8. The van der Waals surface area contributed by atoms with Gasteiger partial charge in [0.15, 0.2) is 9.84 Å². The number of sulfone groups is 1. The van der Waals surface area contributed by atoms with Gasteiger partial charge in [-0.1, -0.05) is 0 Å². The Labute approximate surface area is 119 Å². The Bertz CT molecular complexity index is 533. The molecule has 0 bridgehead atoms. The summed E-state index contributed by atoms with van der Waals surface area (Å²) in [5.74, 6) is 1.34. The van der Waals surface area contributed by atoms with E-state index in [0.29, 0.717) is 11.4 Å². The van der Waals surface area contributed by atoms with Crippen molar-refractivity contribution in [1.82, 2.24) is 0 Å². The molecule has 1 rings (SSSR count). The van der Waals surface area contributed by atoms with Crippen LogP contribution >= 0.6 is 11.8 Å². The SMILES string of the molecule is COc1ccc(N)c(SCCS(=O)(=O)C(C)(C)C)c1. The molecular weight excluding hydrogens is 282 g/mol. The van der Waals surface area contributed by atoms with E-state index < -0.39 is 14.6 Å². The average Bonchev–Trinajstić information content (AvgIpc) is 2.30. The summed E-state index contributed by atoms with van der Waals surface area (Å²) in [7, 11) is -1.50. The van der Waals surface area contributed by atoms with Crippen molar-refractivity contribution in [1.29, 1.82) is 0 Å². The highest BCUT2D eigenvalue weighted by molar-refractivity contribution is 8.01. The molecule has 0 aliphatic rings. The van der Waals surface area contributed by atoms with Crippen molar-refractivity contribution in [3.63, 3.8) is 0 Å². The summed E-state index contributed by atoms with van der Waals surface area (Å²) in [5.41, 5.74) is 6.49. The molecule has 0 spiro atoms. The van der Waals surface area contributed by atoms with Crippen molar-refractivity contribution in [3.05, 3.63) is 18.2 Å². The standard InChI is InChI=1S/C13H21NO3S2/c1-13(2,3)19(15,16)8-7-18-12-9-10(17-4)5-6-11(12)14/h5-6,9H,7-8,14H2,1-4H3. The molecule has 1 aromatic carbocycles. The summed E-state index contributed by atoms with van der Waals surface area (Å²) in [6.45, 7) is 5.15. The first-order valence-electron chi connectivity index (χ1n) is 5.96. The summed E-state index contributed by atoms with van der Waals surface area (Å²) in [6, 6.07) is 5.37. The molecule has 0 aromatic heterocycles. The molecule has 6 heteroatoms. The van der Waals surface area contributed by atoms with Crippen molar-refractivity contribution < 1.29 is 13.2 Å². The van der Waals surface area contributed by atoms with Gasteiger partial charge < -0.3 is 10.5 Å². The Kier molecular flexibility index (Phi) is 5.15. The number of rotatable bonds is 5. The highest BCUT2D eigenvalue weighted by Crippen LogP contribution is 2.29. The van der Waals surface area contributed by atoms with Gasteiger partial charge in [0.2, 0.25) is 0 Å². The van der Waals surface area contributed by atoms with Crippen LogP contribution in [-0.4, -0.2) is 31.8 Å². The van der Waals surface area contributed by atoms with Crippen molar-refractivity contribution in [2.24, 2.45) is 0 Å². The Balaban J connectivity index is 2.69. The molecule has 0 radical (unpaired) electrons. The van der Waals surface area contributed by atoms with Gasteiger partial charge in [-0.05, 0) is 39.0 Å². The van der Waals surface area contributed by atoms with Gasteiger partial charge in [0.05, 0.1) is 17.6 Å². The van der Waals surface area contributed by atoms with E-state index in [1.54, 1.807) is 40.0 Å². The van der Waals surface area contributed by atoms with Gasteiger partial charge in [-0.15, -0.1) is 11.8 Å². The van der Waals surface area contributed by atoms with E-state index in [1.807, 2.05) is 6.07 Å². The third kappa shape index (κ3) is 4.31. The summed E-state index contributed by atoms with van der Waals surface area (Å²) in [6.07, 6.45) is 0. The van der Waals surface area contributed by atoms with Crippen LogP contribution in [0.2, 0.25) is 0 Å². The molecule has 0 amide bonds. The monoisotopic (exact) mass is 303 g/mol. The lowest BCUT2D eigenvalue weighted by atomic mass is 10.3. The van der Waals surface area contributed by atoms with E-state index in [4.69, 9.17) is 10.5 Å². The molecule has 1 aromatic rings. The lowest BCUT2D eigenvalue weighted by Gasteiger charge is -2.19. The Morgan fingerprint density at radius 1 is 1.32 bits per heavy atom. The molecule has 0 fully saturated rings. The highest BCUT2D eigenvalue weighted by Gasteiger charge is 2.28. The van der Waals surface area contributed by atoms with Crippen molar-refractivity contribution in [2.45, 2.75) is 30.4 Å². The van der Waals surface area contributed by atoms with Gasteiger partial charge in [-0.25, -0.2) is 8.42 Å². The van der Waals surface area contributed by atoms with Gasteiger partial charge in [0.25, 0.3) is 0 Å². The molecule has 0 atom stereocenters. The number of methoxy groups -OCH3 is 1. The second kappa shape index (κ2) is 6.05. The molecule has 2 N–H and O–H groups in total. The third-order valence-electron chi connectivity index (χ3n) is 2.76. The Morgan fingerprint density at radius 3 is 2.47 bits per heavy atom. The number of nitrogens with two attached hydrogens (primary N) is 1. The number of ether oxygens (including phenoxy) is 1. The van der Waals surface area contributed by atoms with Gasteiger partial charge in [-0.2, -0.15) is 0 Å². The van der Waals surface area contributed by atoms with Crippen molar-refractivity contribution in [2.75, 3.05) is 24.3 Å². The molecule has 0 saturated carbocycles. The minimum Gasteiger partial charge on any atom is -0.497 e. The minimum absolute atomic E-state index is 0.137. The van der Waals surface area contributed by atoms with E-state index in [2.05, 4.69) is 0 Å². The number of hydrogen-bond donors (Lipinski definition) is 1. The van der Waals surface area contributed by atoms with Gasteiger partial charge in [0.1, 0.15) is 5.75 Å². The second-order valence-electron chi connectivity index (χ2n) is 5.18. The molecule has 0 saturated heterocycles. The molecule has 19 heavy (non-hydrogen) atoms. The fraction of sp³-hybridized carbons (Fsp3) is 0.538. The van der Waals surface area contributed by atoms with E-state index in [-0.39, 0.29) is 5.75 Å². The number of thioether (sulfide) groups is 1. The number of anilines is 1. The second-order valence-corrected chi connectivity index (χ2v) is 9.18. The molecule has 0 aliphatic carbocycles. The van der Waals surface area contributed by atoms with Crippen LogP contribution in [0.1, 0.15) is 20.8 Å². The fourth-order valence-corrected chi connectivity index (χ4v) is 3.81. The molecule has 4 nitrogen and oxygen atoms in total. The number of hydrogen-bond acceptors (Lipinski definition) is 5. The minimum atomic E-state index is -3.09. The smallest absolute Gasteiger partial charge is 0.156 e. The van der Waals surface area contributed by atoms with Crippen LogP contribution < -0.4 is 10.5 Å². The summed E-state index contributed by atoms with van der Waals surface area (Å²) >= 11 is 1.44. The predicted molar refractivity (Wildman–Crippen MR) is 81.7 cm³/mol. The van der Waals surface area contributed by atoms with Crippen LogP contribution in [-0.2, 0) is 9.84 Å². The van der Waals surface area contributed by atoms with Crippen LogP contribution in [0.5, 0.6) is 5.75 Å². The summed E-state index contributed by atoms with van der Waals surface area (Å²) in [5, 5.41) is 0. The zero-order valence-corrected chi connectivity index (χ0v) is 13.4. The van der Waals surface area contributed by atoms with Crippen LogP contribution in [0.15, 0.2) is 23.1 Å². The van der Waals surface area contributed by atoms with E-state index in [0.717, 1.165) is 10.6 Å². The maximum Gasteiger partial charge on any atom is 0.156 e. The fourth-order valence-electron chi connectivity index (χ4n) is 1.33. The first kappa shape index (κ1) is 16.2. The van der Waals surface area contributed by atoms with Crippen LogP contribution in [0, 0.1) is 0 Å². The predicted octanol–water partition coefficient (Wildman–Crippen LogP) is 2.58. The first-order chi connectivity index (χ1) is 8.67. The highest BCUT2D eigenvalue weighted by atomic mass is 32.2. The molecule has 0 aliphatic heterocycles. The van der Waals surface area contributed by atoms with Gasteiger partial charge in [0, 0.05) is 16.3 Å². The first-order valence-corrected chi connectivity index (χ1v) is 8.60. The van der Waals surface area contributed by atoms with Crippen molar-refractivity contribution in [3.8, 4) is 5.75 Å². The van der Waals surface area contributed by atoms with E-state index >= 15 is 0 Å². The zero-order chi connectivity index (χ0) is 14.7. The molecule has 0 heterocycles. The lowest BCUT2D eigenvalue weighted by Crippen LogP contribution is -2.31. The van der Waals surface area contributed by atoms with E-state index in [9.17, 15) is 8.42 Å². The maximum atomic E-state index is 12.0. The summed E-state index contributed by atoms with van der Waals surface area (Å²) < 4.78 is 28.4. The lowest BCUT2D eigenvalue weighted by molar-refractivity contribution is 0.414. The average molecular weight is 303 g/mol. The topological polar surface area (TPSA) is 69.4 Å². The molecule has 108 valence electrons. The Morgan fingerprint density at radius 2 is 1.95 bits per heavy atom. The van der Waals surface area contributed by atoms with Crippen LogP contribution in [0.4, 0.5) is 5.69 Å².